The highest BCUT2D eigenvalue weighted by Gasteiger charge is 2.26. The molecular formula is C15H19NO6S. The second kappa shape index (κ2) is 8.76. The average Bonchev–Trinajstić information content (AvgIpc) is 3.01. The molecule has 1 aliphatic heterocycles. The molecule has 0 spiro atoms. The molecule has 0 bridgehead atoms. The number of carboxylic acid groups (broad SMARTS) is 1. The highest BCUT2D eigenvalue weighted by Crippen LogP contribution is 2.31. The Morgan fingerprint density at radius 1 is 1.35 bits per heavy atom. The van der Waals surface area contributed by atoms with Crippen molar-refractivity contribution in [2.45, 2.75) is 6.04 Å². The van der Waals surface area contributed by atoms with Gasteiger partial charge in [-0.05, 0) is 12.1 Å². The fourth-order valence-corrected chi connectivity index (χ4v) is 2.96. The van der Waals surface area contributed by atoms with Crippen LogP contribution in [0.1, 0.15) is 5.56 Å². The zero-order chi connectivity index (χ0) is 16.7. The highest BCUT2D eigenvalue weighted by atomic mass is 32.2. The number of benzene rings is 1. The number of thioether (sulfide) groups is 1. The Balaban J connectivity index is 1.88. The van der Waals surface area contributed by atoms with Crippen LogP contribution < -0.4 is 4.74 Å². The number of rotatable bonds is 9. The molecule has 2 N–H and O–H groups in total. The second-order valence-corrected chi connectivity index (χ2v) is 5.74. The minimum absolute atomic E-state index is 0.0140. The first kappa shape index (κ1) is 17.6. The molecule has 1 aliphatic rings. The van der Waals surface area contributed by atoms with Crippen LogP contribution in [0.15, 0.2) is 23.2 Å². The van der Waals surface area contributed by atoms with E-state index in [1.807, 2.05) is 0 Å². The van der Waals surface area contributed by atoms with Gasteiger partial charge in [0, 0.05) is 24.5 Å². The molecule has 126 valence electrons. The molecule has 0 fully saturated rings. The van der Waals surface area contributed by atoms with Crippen LogP contribution in [0.25, 0.3) is 0 Å². The van der Waals surface area contributed by atoms with Crippen molar-refractivity contribution in [1.82, 2.24) is 0 Å². The molecule has 23 heavy (non-hydrogen) atoms. The first-order valence-electron chi connectivity index (χ1n) is 7.08. The summed E-state index contributed by atoms with van der Waals surface area (Å²) in [4.78, 5) is 15.0. The van der Waals surface area contributed by atoms with Gasteiger partial charge in [0.1, 0.15) is 23.1 Å². The molecule has 0 radical (unpaired) electrons. The molecule has 0 unspecified atom stereocenters. The number of ether oxygens (including phenoxy) is 3. The van der Waals surface area contributed by atoms with E-state index in [-0.39, 0.29) is 5.75 Å². The van der Waals surface area contributed by atoms with E-state index in [0.717, 1.165) is 0 Å². The van der Waals surface area contributed by atoms with Crippen LogP contribution in [0.5, 0.6) is 11.5 Å². The van der Waals surface area contributed by atoms with Crippen LogP contribution in [-0.2, 0) is 14.3 Å². The molecule has 0 saturated heterocycles. The lowest BCUT2D eigenvalue weighted by atomic mass is 10.2. The predicted molar refractivity (Wildman–Crippen MR) is 86.7 cm³/mol. The van der Waals surface area contributed by atoms with Crippen molar-refractivity contribution in [3.05, 3.63) is 23.8 Å². The average molecular weight is 341 g/mol. The van der Waals surface area contributed by atoms with Crippen molar-refractivity contribution in [3.8, 4) is 11.5 Å². The van der Waals surface area contributed by atoms with Gasteiger partial charge in [-0.25, -0.2) is 4.79 Å². The molecule has 0 aliphatic carbocycles. The number of phenolic OH excluding ortho intramolecular Hbond substituents is 1. The van der Waals surface area contributed by atoms with Crippen molar-refractivity contribution in [2.24, 2.45) is 4.99 Å². The van der Waals surface area contributed by atoms with Crippen LogP contribution in [0.3, 0.4) is 0 Å². The molecule has 0 saturated carbocycles. The minimum atomic E-state index is -0.958. The number of nitrogens with zero attached hydrogens (tertiary/aromatic N) is 1. The van der Waals surface area contributed by atoms with Gasteiger partial charge < -0.3 is 24.4 Å². The quantitative estimate of drug-likeness (QED) is 0.655. The molecule has 1 heterocycles. The van der Waals surface area contributed by atoms with Gasteiger partial charge in [0.25, 0.3) is 0 Å². The Hall–Kier alpha value is -1.77. The number of aromatic hydroxyl groups is 1. The van der Waals surface area contributed by atoms with Gasteiger partial charge in [-0.1, -0.05) is 0 Å². The third-order valence-electron chi connectivity index (χ3n) is 3.06. The summed E-state index contributed by atoms with van der Waals surface area (Å²) in [5.74, 6) is -0.0539. The van der Waals surface area contributed by atoms with Gasteiger partial charge in [-0.2, -0.15) is 0 Å². The molecule has 7 nitrogen and oxygen atoms in total. The number of aliphatic carboxylic acids is 1. The molecule has 8 heteroatoms. The molecule has 0 aromatic heterocycles. The lowest BCUT2D eigenvalue weighted by Crippen LogP contribution is -2.17. The molecule has 1 aromatic rings. The van der Waals surface area contributed by atoms with Crippen molar-refractivity contribution in [3.63, 3.8) is 0 Å². The number of hydrogen-bond acceptors (Lipinski definition) is 7. The van der Waals surface area contributed by atoms with Crippen LogP contribution in [0.4, 0.5) is 0 Å². The SMILES string of the molecule is COCCOCCOc1ccc(C2=N[C@H](C(=O)O)CS2)c(O)c1. The van der Waals surface area contributed by atoms with Gasteiger partial charge in [-0.15, -0.1) is 11.8 Å². The zero-order valence-corrected chi connectivity index (χ0v) is 13.5. The Morgan fingerprint density at radius 2 is 2.13 bits per heavy atom. The third-order valence-corrected chi connectivity index (χ3v) is 4.15. The first-order chi connectivity index (χ1) is 11.1. The summed E-state index contributed by atoms with van der Waals surface area (Å²) in [6.07, 6.45) is 0. The number of carboxylic acids is 1. The van der Waals surface area contributed by atoms with Crippen molar-refractivity contribution < 1.29 is 29.2 Å². The molecular weight excluding hydrogens is 322 g/mol. The Kier molecular flexibility index (Phi) is 6.69. The lowest BCUT2D eigenvalue weighted by molar-refractivity contribution is -0.137. The topological polar surface area (TPSA) is 97.6 Å². The van der Waals surface area contributed by atoms with E-state index >= 15 is 0 Å². The Labute approximate surface area is 138 Å². The van der Waals surface area contributed by atoms with Gasteiger partial charge in [-0.3, -0.25) is 4.99 Å². The van der Waals surface area contributed by atoms with E-state index in [4.69, 9.17) is 19.3 Å². The summed E-state index contributed by atoms with van der Waals surface area (Å²) in [7, 11) is 1.61. The molecule has 2 rings (SSSR count). The fourth-order valence-electron chi connectivity index (χ4n) is 1.89. The number of carbonyl (C=O) groups is 1. The van der Waals surface area contributed by atoms with Crippen LogP contribution in [-0.4, -0.2) is 66.6 Å². The summed E-state index contributed by atoms with van der Waals surface area (Å²) in [6, 6.07) is 4.12. The van der Waals surface area contributed by atoms with Crippen LogP contribution >= 0.6 is 11.8 Å². The number of phenols is 1. The van der Waals surface area contributed by atoms with Gasteiger partial charge in [0.05, 0.1) is 19.8 Å². The van der Waals surface area contributed by atoms with E-state index in [9.17, 15) is 9.90 Å². The van der Waals surface area contributed by atoms with E-state index in [2.05, 4.69) is 4.99 Å². The van der Waals surface area contributed by atoms with E-state index in [1.54, 1.807) is 19.2 Å². The van der Waals surface area contributed by atoms with E-state index in [1.165, 1.54) is 17.8 Å². The first-order valence-corrected chi connectivity index (χ1v) is 8.06. The van der Waals surface area contributed by atoms with Crippen molar-refractivity contribution in [1.29, 1.82) is 0 Å². The summed E-state index contributed by atoms with van der Waals surface area (Å²) in [6.45, 7) is 1.83. The zero-order valence-electron chi connectivity index (χ0n) is 12.7. The van der Waals surface area contributed by atoms with Gasteiger partial charge in [0.2, 0.25) is 0 Å². The smallest absolute Gasteiger partial charge is 0.329 e. The number of aliphatic imine (C=N–C) groups is 1. The summed E-state index contributed by atoms with van der Waals surface area (Å²) in [5, 5.41) is 19.6. The van der Waals surface area contributed by atoms with Crippen molar-refractivity contribution in [2.75, 3.05) is 39.3 Å². The minimum Gasteiger partial charge on any atom is -0.507 e. The Bertz CT molecular complexity index is 577. The van der Waals surface area contributed by atoms with Crippen LogP contribution in [0.2, 0.25) is 0 Å². The fraction of sp³-hybridized carbons (Fsp3) is 0.467. The van der Waals surface area contributed by atoms with Gasteiger partial charge >= 0.3 is 5.97 Å². The standard InChI is InChI=1S/C15H19NO6S/c1-20-4-5-21-6-7-22-10-2-3-11(13(17)8-10)14-16-12(9-23-14)15(18)19/h2-3,8,12,17H,4-7,9H2,1H3,(H,18,19)/t12-/m0/s1. The second-order valence-electron chi connectivity index (χ2n) is 4.73. The summed E-state index contributed by atoms with van der Waals surface area (Å²) < 4.78 is 15.6. The van der Waals surface area contributed by atoms with Crippen LogP contribution in [0, 0.1) is 0 Å². The maximum absolute atomic E-state index is 10.9. The maximum Gasteiger partial charge on any atom is 0.329 e. The maximum atomic E-state index is 10.9. The highest BCUT2D eigenvalue weighted by molar-refractivity contribution is 8.14. The number of hydrogen-bond donors (Lipinski definition) is 2. The summed E-state index contributed by atoms with van der Waals surface area (Å²) in [5.41, 5.74) is 0.516. The number of methoxy groups -OCH3 is 1. The largest absolute Gasteiger partial charge is 0.507 e. The lowest BCUT2D eigenvalue weighted by Gasteiger charge is -2.09. The van der Waals surface area contributed by atoms with E-state index < -0.39 is 12.0 Å². The van der Waals surface area contributed by atoms with Crippen molar-refractivity contribution >= 4 is 22.8 Å². The summed E-state index contributed by atoms with van der Waals surface area (Å²) >= 11 is 1.32. The van der Waals surface area contributed by atoms with Gasteiger partial charge in [0.15, 0.2) is 6.04 Å². The molecule has 0 amide bonds. The van der Waals surface area contributed by atoms with E-state index in [0.29, 0.717) is 48.5 Å². The monoisotopic (exact) mass is 341 g/mol. The molecule has 1 atom stereocenters. The molecule has 1 aromatic carbocycles. The predicted octanol–water partition coefficient (Wildman–Crippen LogP) is 1.38. The normalized spacial score (nSPS) is 17.1. The third kappa shape index (κ3) is 5.12. The Morgan fingerprint density at radius 3 is 2.78 bits per heavy atom.